The van der Waals surface area contributed by atoms with Gasteiger partial charge in [-0.05, 0) is 27.1 Å². The lowest BCUT2D eigenvalue weighted by Gasteiger charge is -2.04. The Morgan fingerprint density at radius 3 is 2.55 bits per heavy atom. The molecule has 1 aromatic rings. The van der Waals surface area contributed by atoms with Gasteiger partial charge in [0, 0.05) is 19.3 Å². The Bertz CT molecular complexity index is 218. The van der Waals surface area contributed by atoms with E-state index in [1.54, 1.807) is 0 Å². The zero-order chi connectivity index (χ0) is 8.43. The van der Waals surface area contributed by atoms with Crippen LogP contribution in [-0.2, 0) is 13.6 Å². The molecule has 3 heteroatoms. The van der Waals surface area contributed by atoms with Crippen LogP contribution in [0.2, 0.25) is 0 Å². The molecule has 0 aliphatic carbocycles. The Morgan fingerprint density at radius 1 is 1.55 bits per heavy atom. The molecule has 0 radical (unpaired) electrons. The SMILES string of the molecule is Cc1cc(CN(C)C)nn1C. The predicted molar refractivity (Wildman–Crippen MR) is 45.3 cm³/mol. The third-order valence-electron chi connectivity index (χ3n) is 1.64. The van der Waals surface area contributed by atoms with Gasteiger partial charge in [0.2, 0.25) is 0 Å². The lowest BCUT2D eigenvalue weighted by Crippen LogP contribution is -2.11. The molecule has 0 bridgehead atoms. The first-order valence-corrected chi connectivity index (χ1v) is 3.74. The van der Waals surface area contributed by atoms with E-state index in [0.29, 0.717) is 0 Å². The Hall–Kier alpha value is -0.830. The second kappa shape index (κ2) is 3.05. The molecular weight excluding hydrogens is 138 g/mol. The van der Waals surface area contributed by atoms with E-state index in [1.807, 2.05) is 25.8 Å². The average molecular weight is 153 g/mol. The summed E-state index contributed by atoms with van der Waals surface area (Å²) in [5.74, 6) is 0. The third kappa shape index (κ3) is 2.05. The topological polar surface area (TPSA) is 21.1 Å². The largest absolute Gasteiger partial charge is 0.304 e. The summed E-state index contributed by atoms with van der Waals surface area (Å²) in [5, 5.41) is 4.33. The Kier molecular flexibility index (Phi) is 2.29. The average Bonchev–Trinajstić information content (AvgIpc) is 2.10. The van der Waals surface area contributed by atoms with Gasteiger partial charge in [0.25, 0.3) is 0 Å². The molecule has 1 aromatic heterocycles. The molecule has 0 amide bonds. The summed E-state index contributed by atoms with van der Waals surface area (Å²) in [6.45, 7) is 2.98. The molecule has 0 spiro atoms. The highest BCUT2D eigenvalue weighted by atomic mass is 15.3. The van der Waals surface area contributed by atoms with Gasteiger partial charge in [0.1, 0.15) is 0 Å². The first-order valence-electron chi connectivity index (χ1n) is 3.74. The second-order valence-electron chi connectivity index (χ2n) is 3.14. The molecule has 1 heterocycles. The van der Waals surface area contributed by atoms with E-state index in [4.69, 9.17) is 0 Å². The quantitative estimate of drug-likeness (QED) is 0.626. The summed E-state index contributed by atoms with van der Waals surface area (Å²) < 4.78 is 1.90. The number of rotatable bonds is 2. The number of aryl methyl sites for hydroxylation is 2. The van der Waals surface area contributed by atoms with E-state index in [1.165, 1.54) is 5.69 Å². The zero-order valence-electron chi connectivity index (χ0n) is 7.63. The number of nitrogens with zero attached hydrogens (tertiary/aromatic N) is 3. The maximum atomic E-state index is 4.33. The van der Waals surface area contributed by atoms with Gasteiger partial charge >= 0.3 is 0 Å². The summed E-state index contributed by atoms with van der Waals surface area (Å²) in [7, 11) is 6.06. The summed E-state index contributed by atoms with van der Waals surface area (Å²) >= 11 is 0. The highest BCUT2D eigenvalue weighted by Gasteiger charge is 2.00. The van der Waals surface area contributed by atoms with Crippen LogP contribution in [-0.4, -0.2) is 28.8 Å². The Labute approximate surface area is 67.6 Å². The second-order valence-corrected chi connectivity index (χ2v) is 3.14. The molecule has 0 N–H and O–H groups in total. The lowest BCUT2D eigenvalue weighted by molar-refractivity contribution is 0.394. The van der Waals surface area contributed by atoms with Crippen LogP contribution in [0, 0.1) is 6.92 Å². The zero-order valence-corrected chi connectivity index (χ0v) is 7.63. The number of aromatic nitrogens is 2. The van der Waals surface area contributed by atoms with Crippen molar-refractivity contribution in [3.63, 3.8) is 0 Å². The Balaban J connectivity index is 2.73. The standard InChI is InChI=1S/C8H15N3/c1-7-5-8(6-10(2)3)9-11(7)4/h5H,6H2,1-4H3. The van der Waals surface area contributed by atoms with Crippen LogP contribution in [0.25, 0.3) is 0 Å². The van der Waals surface area contributed by atoms with Gasteiger partial charge in [0.15, 0.2) is 0 Å². The fraction of sp³-hybridized carbons (Fsp3) is 0.625. The molecule has 1 rings (SSSR count). The normalized spacial score (nSPS) is 11.0. The summed E-state index contributed by atoms with van der Waals surface area (Å²) in [5.41, 5.74) is 2.34. The fourth-order valence-electron chi connectivity index (χ4n) is 1.04. The number of hydrogen-bond donors (Lipinski definition) is 0. The minimum atomic E-state index is 0.918. The van der Waals surface area contributed by atoms with Crippen LogP contribution in [0.4, 0.5) is 0 Å². The van der Waals surface area contributed by atoms with Gasteiger partial charge < -0.3 is 4.90 Å². The van der Waals surface area contributed by atoms with Crippen molar-refractivity contribution >= 4 is 0 Å². The van der Waals surface area contributed by atoms with Gasteiger partial charge in [-0.3, -0.25) is 4.68 Å². The maximum absolute atomic E-state index is 4.33. The summed E-state index contributed by atoms with van der Waals surface area (Å²) in [6, 6.07) is 2.11. The minimum absolute atomic E-state index is 0.918. The molecule has 0 saturated carbocycles. The van der Waals surface area contributed by atoms with Crippen molar-refractivity contribution in [1.82, 2.24) is 14.7 Å². The fourth-order valence-corrected chi connectivity index (χ4v) is 1.04. The van der Waals surface area contributed by atoms with Gasteiger partial charge in [-0.25, -0.2) is 0 Å². The molecule has 0 unspecified atom stereocenters. The molecule has 3 nitrogen and oxygen atoms in total. The molecule has 0 saturated heterocycles. The van der Waals surface area contributed by atoms with Crippen molar-refractivity contribution in [1.29, 1.82) is 0 Å². The van der Waals surface area contributed by atoms with Crippen molar-refractivity contribution < 1.29 is 0 Å². The third-order valence-corrected chi connectivity index (χ3v) is 1.64. The van der Waals surface area contributed by atoms with E-state index >= 15 is 0 Å². The van der Waals surface area contributed by atoms with Crippen LogP contribution in [0.1, 0.15) is 11.4 Å². The van der Waals surface area contributed by atoms with Crippen molar-refractivity contribution in [3.8, 4) is 0 Å². The summed E-state index contributed by atoms with van der Waals surface area (Å²) in [4.78, 5) is 2.11. The van der Waals surface area contributed by atoms with Crippen LogP contribution in [0.3, 0.4) is 0 Å². The minimum Gasteiger partial charge on any atom is -0.304 e. The molecule has 0 aliphatic rings. The van der Waals surface area contributed by atoms with Crippen LogP contribution < -0.4 is 0 Å². The van der Waals surface area contributed by atoms with E-state index in [-0.39, 0.29) is 0 Å². The highest BCUT2D eigenvalue weighted by molar-refractivity contribution is 5.07. The van der Waals surface area contributed by atoms with Gasteiger partial charge in [0.05, 0.1) is 5.69 Å². The van der Waals surface area contributed by atoms with E-state index in [0.717, 1.165) is 12.2 Å². The number of hydrogen-bond acceptors (Lipinski definition) is 2. The molecule has 0 aromatic carbocycles. The molecule has 62 valence electrons. The molecule has 11 heavy (non-hydrogen) atoms. The van der Waals surface area contributed by atoms with E-state index in [2.05, 4.69) is 23.0 Å². The van der Waals surface area contributed by atoms with Crippen molar-refractivity contribution in [2.75, 3.05) is 14.1 Å². The molecule has 0 fully saturated rings. The monoisotopic (exact) mass is 153 g/mol. The van der Waals surface area contributed by atoms with Gasteiger partial charge in [-0.15, -0.1) is 0 Å². The van der Waals surface area contributed by atoms with E-state index < -0.39 is 0 Å². The molecule has 0 aliphatic heterocycles. The lowest BCUT2D eigenvalue weighted by atomic mass is 10.3. The summed E-state index contributed by atoms with van der Waals surface area (Å²) in [6.07, 6.45) is 0. The first-order chi connectivity index (χ1) is 5.09. The predicted octanol–water partition coefficient (Wildman–Crippen LogP) is 0.790. The highest BCUT2D eigenvalue weighted by Crippen LogP contribution is 2.02. The van der Waals surface area contributed by atoms with Crippen molar-refractivity contribution in [2.45, 2.75) is 13.5 Å². The molecule has 0 atom stereocenters. The van der Waals surface area contributed by atoms with Crippen LogP contribution >= 0.6 is 0 Å². The Morgan fingerprint density at radius 2 is 2.18 bits per heavy atom. The maximum Gasteiger partial charge on any atom is 0.0767 e. The van der Waals surface area contributed by atoms with Crippen LogP contribution in [0.5, 0.6) is 0 Å². The first kappa shape index (κ1) is 8.27. The molecular formula is C8H15N3. The van der Waals surface area contributed by atoms with E-state index in [9.17, 15) is 0 Å². The smallest absolute Gasteiger partial charge is 0.0767 e. The van der Waals surface area contributed by atoms with Gasteiger partial charge in [-0.2, -0.15) is 5.10 Å². The van der Waals surface area contributed by atoms with Crippen LogP contribution in [0.15, 0.2) is 6.07 Å². The van der Waals surface area contributed by atoms with Gasteiger partial charge in [-0.1, -0.05) is 0 Å². The van der Waals surface area contributed by atoms with Crippen molar-refractivity contribution in [2.24, 2.45) is 7.05 Å². The van der Waals surface area contributed by atoms with Crippen molar-refractivity contribution in [3.05, 3.63) is 17.5 Å².